The fourth-order valence-corrected chi connectivity index (χ4v) is 2.14. The number of anilines is 1. The molecule has 1 N–H and O–H groups in total. The molecule has 1 heterocycles. The van der Waals surface area contributed by atoms with E-state index in [9.17, 15) is 4.79 Å². The lowest BCUT2D eigenvalue weighted by Crippen LogP contribution is -2.37. The highest BCUT2D eigenvalue weighted by molar-refractivity contribution is 6.30. The second-order valence-corrected chi connectivity index (χ2v) is 7.09. The van der Waals surface area contributed by atoms with E-state index in [1.54, 1.807) is 0 Å². The van der Waals surface area contributed by atoms with Gasteiger partial charge in [0.15, 0.2) is 0 Å². The number of aromatic nitrogens is 2. The Bertz CT molecular complexity index is 549. The molecule has 1 saturated carbocycles. The summed E-state index contributed by atoms with van der Waals surface area (Å²) in [6.45, 7) is 8.26. The maximum Gasteiger partial charge on any atom is 0.239 e. The number of likely N-dealkylation sites (N-methyl/N-ethyl adjacent to an activating group) is 1. The molecular weight excluding hydrogens is 288 g/mol. The van der Waals surface area contributed by atoms with Crippen LogP contribution in [0, 0.1) is 6.92 Å². The molecule has 1 aliphatic rings. The zero-order valence-electron chi connectivity index (χ0n) is 13.3. The molecule has 21 heavy (non-hydrogen) atoms. The van der Waals surface area contributed by atoms with Crippen LogP contribution in [0.25, 0.3) is 0 Å². The summed E-state index contributed by atoms with van der Waals surface area (Å²) in [5, 5.41) is 3.42. The molecule has 0 bridgehead atoms. The molecule has 0 aromatic carbocycles. The van der Waals surface area contributed by atoms with Gasteiger partial charge < -0.3 is 10.2 Å². The summed E-state index contributed by atoms with van der Waals surface area (Å²) < 4.78 is 0. The molecule has 1 aromatic rings. The Labute approximate surface area is 131 Å². The van der Waals surface area contributed by atoms with Gasteiger partial charge in [-0.1, -0.05) is 32.4 Å². The van der Waals surface area contributed by atoms with Crippen molar-refractivity contribution in [3.8, 4) is 0 Å². The molecule has 1 aromatic heterocycles. The summed E-state index contributed by atoms with van der Waals surface area (Å²) >= 11 is 6.22. The number of hydrogen-bond acceptors (Lipinski definition) is 4. The molecule has 0 radical (unpaired) electrons. The van der Waals surface area contributed by atoms with Crippen molar-refractivity contribution in [2.24, 2.45) is 0 Å². The van der Waals surface area contributed by atoms with Crippen molar-refractivity contribution in [3.05, 3.63) is 16.5 Å². The van der Waals surface area contributed by atoms with E-state index in [1.165, 1.54) is 0 Å². The third kappa shape index (κ3) is 4.06. The number of nitrogens with one attached hydrogen (secondary N) is 1. The van der Waals surface area contributed by atoms with Crippen LogP contribution < -0.4 is 10.2 Å². The molecule has 0 saturated heterocycles. The van der Waals surface area contributed by atoms with Gasteiger partial charge in [0.25, 0.3) is 0 Å². The Kier molecular flexibility index (Phi) is 4.42. The van der Waals surface area contributed by atoms with Gasteiger partial charge in [-0.2, -0.15) is 0 Å². The maximum atomic E-state index is 11.9. The molecule has 0 aliphatic heterocycles. The Morgan fingerprint density at radius 1 is 1.38 bits per heavy atom. The van der Waals surface area contributed by atoms with Crippen LogP contribution in [0.5, 0.6) is 0 Å². The first-order valence-corrected chi connectivity index (χ1v) is 7.61. The summed E-state index contributed by atoms with van der Waals surface area (Å²) in [4.78, 5) is 22.7. The van der Waals surface area contributed by atoms with Crippen LogP contribution in [0.3, 0.4) is 0 Å². The van der Waals surface area contributed by atoms with Crippen LogP contribution in [-0.4, -0.2) is 35.5 Å². The molecule has 116 valence electrons. The molecular formula is C15H23ClN4O. The first kappa shape index (κ1) is 16.0. The van der Waals surface area contributed by atoms with Crippen LogP contribution in [0.15, 0.2) is 0 Å². The highest BCUT2D eigenvalue weighted by atomic mass is 35.5. The largest absolute Gasteiger partial charge is 0.352 e. The van der Waals surface area contributed by atoms with Gasteiger partial charge in [-0.3, -0.25) is 4.79 Å². The second kappa shape index (κ2) is 5.79. The van der Waals surface area contributed by atoms with Gasteiger partial charge in [0.05, 0.1) is 6.54 Å². The van der Waals surface area contributed by atoms with Crippen molar-refractivity contribution in [3.63, 3.8) is 0 Å². The van der Waals surface area contributed by atoms with Crippen molar-refractivity contribution in [1.29, 1.82) is 0 Å². The summed E-state index contributed by atoms with van der Waals surface area (Å²) in [7, 11) is 1.85. The van der Waals surface area contributed by atoms with Crippen LogP contribution in [0.4, 0.5) is 5.82 Å². The molecule has 1 fully saturated rings. The Hall–Kier alpha value is -1.36. The topological polar surface area (TPSA) is 58.1 Å². The lowest BCUT2D eigenvalue weighted by atomic mass is 9.95. The fraction of sp³-hybridized carbons (Fsp3) is 0.667. The number of carbonyl (C=O) groups excluding carboxylic acids is 1. The van der Waals surface area contributed by atoms with E-state index in [-0.39, 0.29) is 17.9 Å². The Morgan fingerprint density at radius 3 is 2.52 bits per heavy atom. The molecule has 1 aliphatic carbocycles. The normalized spacial score (nSPS) is 15.0. The SMILES string of the molecule is Cc1c(Cl)nc(C(C)(C)C)nc1N(C)CC(=O)NC1CC1. The zero-order valence-corrected chi connectivity index (χ0v) is 14.1. The van der Waals surface area contributed by atoms with Crippen molar-refractivity contribution >= 4 is 23.3 Å². The van der Waals surface area contributed by atoms with Crippen LogP contribution in [0.2, 0.25) is 5.15 Å². The van der Waals surface area contributed by atoms with Gasteiger partial charge in [0, 0.05) is 24.1 Å². The maximum absolute atomic E-state index is 11.9. The van der Waals surface area contributed by atoms with Gasteiger partial charge in [-0.15, -0.1) is 0 Å². The molecule has 0 unspecified atom stereocenters. The second-order valence-electron chi connectivity index (χ2n) is 6.73. The Balaban J connectivity index is 2.20. The van der Waals surface area contributed by atoms with Crippen molar-refractivity contribution in [1.82, 2.24) is 15.3 Å². The summed E-state index contributed by atoms with van der Waals surface area (Å²) in [6, 6.07) is 0.367. The Morgan fingerprint density at radius 2 is 2.00 bits per heavy atom. The number of carbonyl (C=O) groups is 1. The number of nitrogens with zero attached hydrogens (tertiary/aromatic N) is 3. The minimum absolute atomic E-state index is 0.0199. The van der Waals surface area contributed by atoms with Crippen LogP contribution in [-0.2, 0) is 10.2 Å². The lowest BCUT2D eigenvalue weighted by molar-refractivity contribution is -0.119. The summed E-state index contributed by atoms with van der Waals surface area (Å²) in [5.74, 6) is 1.42. The van der Waals surface area contributed by atoms with E-state index < -0.39 is 0 Å². The molecule has 6 heteroatoms. The number of rotatable bonds is 4. The average Bonchev–Trinajstić information content (AvgIpc) is 3.14. The first-order valence-electron chi connectivity index (χ1n) is 7.23. The van der Waals surface area contributed by atoms with E-state index in [0.29, 0.717) is 22.8 Å². The summed E-state index contributed by atoms with van der Waals surface area (Å²) in [6.07, 6.45) is 2.17. The van der Waals surface area contributed by atoms with Gasteiger partial charge in [-0.25, -0.2) is 9.97 Å². The number of amides is 1. The smallest absolute Gasteiger partial charge is 0.239 e. The molecule has 0 spiro atoms. The molecule has 0 atom stereocenters. The van der Waals surface area contributed by atoms with Crippen LogP contribution >= 0.6 is 11.6 Å². The van der Waals surface area contributed by atoms with Crippen molar-refractivity contribution in [2.75, 3.05) is 18.5 Å². The highest BCUT2D eigenvalue weighted by Gasteiger charge is 2.25. The third-order valence-corrected chi connectivity index (χ3v) is 3.78. The minimum Gasteiger partial charge on any atom is -0.352 e. The van der Waals surface area contributed by atoms with Gasteiger partial charge in [0.2, 0.25) is 5.91 Å². The van der Waals surface area contributed by atoms with E-state index in [2.05, 4.69) is 15.3 Å². The van der Waals surface area contributed by atoms with Crippen molar-refractivity contribution < 1.29 is 4.79 Å². The average molecular weight is 311 g/mol. The predicted molar refractivity (Wildman–Crippen MR) is 84.9 cm³/mol. The van der Waals surface area contributed by atoms with E-state index >= 15 is 0 Å². The zero-order chi connectivity index (χ0) is 15.8. The number of halogens is 1. The van der Waals surface area contributed by atoms with E-state index in [4.69, 9.17) is 11.6 Å². The molecule has 1 amide bonds. The summed E-state index contributed by atoms with van der Waals surface area (Å²) in [5.41, 5.74) is 0.606. The van der Waals surface area contributed by atoms with E-state index in [1.807, 2.05) is 39.6 Å². The van der Waals surface area contributed by atoms with Gasteiger partial charge >= 0.3 is 0 Å². The van der Waals surface area contributed by atoms with Gasteiger partial charge in [0.1, 0.15) is 16.8 Å². The van der Waals surface area contributed by atoms with E-state index in [0.717, 1.165) is 18.4 Å². The third-order valence-electron chi connectivity index (χ3n) is 3.42. The lowest BCUT2D eigenvalue weighted by Gasteiger charge is -2.24. The first-order chi connectivity index (χ1) is 9.68. The monoisotopic (exact) mass is 310 g/mol. The highest BCUT2D eigenvalue weighted by Crippen LogP contribution is 2.27. The van der Waals surface area contributed by atoms with Crippen LogP contribution in [0.1, 0.15) is 45.0 Å². The quantitative estimate of drug-likeness (QED) is 0.868. The van der Waals surface area contributed by atoms with Crippen molar-refractivity contribution in [2.45, 2.75) is 52.0 Å². The fourth-order valence-electron chi connectivity index (χ4n) is 1.98. The standard InChI is InChI=1S/C15H23ClN4O/c1-9-12(16)18-14(15(2,3)4)19-13(9)20(5)8-11(21)17-10-6-7-10/h10H,6-8H2,1-5H3,(H,17,21). The minimum atomic E-state index is -0.191. The van der Waals surface area contributed by atoms with Gasteiger partial charge in [-0.05, 0) is 19.8 Å². The predicted octanol–water partition coefficient (Wildman–Crippen LogP) is 2.45. The molecule has 5 nitrogen and oxygen atoms in total. The molecule has 2 rings (SSSR count). The number of hydrogen-bond donors (Lipinski definition) is 1.